The third-order valence-corrected chi connectivity index (χ3v) is 1.94. The molecule has 0 aliphatic heterocycles. The van der Waals surface area contributed by atoms with Crippen LogP contribution in [-0.4, -0.2) is 10.2 Å². The minimum absolute atomic E-state index is 0.0336. The maximum Gasteiger partial charge on any atom is 0.417 e. The molecule has 0 saturated carbocycles. The molecule has 0 atom stereocenters. The normalized spacial score (nSPS) is 11.7. The molecule has 0 spiro atoms. The van der Waals surface area contributed by atoms with E-state index in [1.165, 1.54) is 24.4 Å². The van der Waals surface area contributed by atoms with Gasteiger partial charge in [0.15, 0.2) is 0 Å². The second-order valence-electron chi connectivity index (χ2n) is 2.92. The number of nitrogens with one attached hydrogen (secondary N) is 1. The lowest BCUT2D eigenvalue weighted by atomic mass is 10.0. The van der Waals surface area contributed by atoms with Crippen LogP contribution in [0.1, 0.15) is 5.56 Å². The van der Waals surface area contributed by atoms with Crippen molar-refractivity contribution in [2.24, 2.45) is 0 Å². The summed E-state index contributed by atoms with van der Waals surface area (Å²) in [6.07, 6.45) is -3.01. The summed E-state index contributed by atoms with van der Waals surface area (Å²) < 4.78 is 37.8. The second kappa shape index (κ2) is 3.42. The minimum Gasteiger partial charge on any atom is -0.284 e. The molecule has 0 unspecified atom stereocenters. The zero-order chi connectivity index (χ0) is 10.9. The average molecular weight is 211 g/mol. The summed E-state index contributed by atoms with van der Waals surface area (Å²) in [5, 5.41) is 6.11. The van der Waals surface area contributed by atoms with Crippen molar-refractivity contribution in [2.75, 3.05) is 0 Å². The van der Waals surface area contributed by atoms with Crippen molar-refractivity contribution < 1.29 is 13.2 Å². The Morgan fingerprint density at radius 1 is 1.20 bits per heavy atom. The van der Waals surface area contributed by atoms with E-state index >= 15 is 0 Å². The Morgan fingerprint density at radius 2 is 1.93 bits per heavy atom. The van der Waals surface area contributed by atoms with E-state index < -0.39 is 11.7 Å². The van der Waals surface area contributed by atoms with Gasteiger partial charge in [-0.25, -0.2) is 0 Å². The summed E-state index contributed by atoms with van der Waals surface area (Å²) >= 11 is 0. The Balaban J connectivity index is 2.58. The quantitative estimate of drug-likeness (QED) is 0.771. The number of alkyl halides is 3. The average Bonchev–Trinajstić information content (AvgIpc) is 2.69. The maximum atomic E-state index is 12.6. The van der Waals surface area contributed by atoms with Gasteiger partial charge in [-0.15, -0.1) is 0 Å². The summed E-state index contributed by atoms with van der Waals surface area (Å²) in [6, 6.07) is 7.88. The molecule has 2 aromatic rings. The zero-order valence-electron chi connectivity index (χ0n) is 7.47. The van der Waals surface area contributed by atoms with Crippen molar-refractivity contribution in [3.63, 3.8) is 0 Å². The fourth-order valence-electron chi connectivity index (χ4n) is 1.30. The fraction of sp³-hybridized carbons (Fsp3) is 0.100. The lowest BCUT2D eigenvalue weighted by Gasteiger charge is -2.10. The van der Waals surface area contributed by atoms with Gasteiger partial charge in [-0.05, 0) is 6.07 Å². The van der Waals surface area contributed by atoms with Crippen LogP contribution in [0.25, 0.3) is 11.3 Å². The number of nitrogens with zero attached hydrogens (tertiary/aromatic N) is 1. The third kappa shape index (κ3) is 1.86. The third-order valence-electron chi connectivity index (χ3n) is 1.94. The molecule has 15 heavy (non-hydrogen) atoms. The Labute approximate surface area is 83.7 Å². The fourth-order valence-corrected chi connectivity index (χ4v) is 1.30. The predicted octanol–water partition coefficient (Wildman–Crippen LogP) is 2.90. The van der Waals surface area contributed by atoms with Crippen molar-refractivity contribution in [1.82, 2.24) is 10.2 Å². The van der Waals surface area contributed by atoms with Crippen molar-refractivity contribution in [3.8, 4) is 11.3 Å². The molecule has 1 heterocycles. The molecule has 1 aromatic carbocycles. The topological polar surface area (TPSA) is 28.7 Å². The molecular formula is C10H6F3N2. The highest BCUT2D eigenvalue weighted by Crippen LogP contribution is 2.35. The van der Waals surface area contributed by atoms with E-state index in [-0.39, 0.29) is 11.3 Å². The van der Waals surface area contributed by atoms with Crippen molar-refractivity contribution in [1.29, 1.82) is 0 Å². The maximum absolute atomic E-state index is 12.6. The predicted molar refractivity (Wildman–Crippen MR) is 47.9 cm³/mol. The highest BCUT2D eigenvalue weighted by molar-refractivity contribution is 5.63. The molecule has 2 nitrogen and oxygen atoms in total. The van der Waals surface area contributed by atoms with Crippen LogP contribution in [0.4, 0.5) is 13.2 Å². The monoisotopic (exact) mass is 211 g/mol. The number of hydrogen-bond donors (Lipinski definition) is 1. The highest BCUT2D eigenvalue weighted by Gasteiger charge is 2.33. The molecule has 2 rings (SSSR count). The zero-order valence-corrected chi connectivity index (χ0v) is 7.47. The van der Waals surface area contributed by atoms with Gasteiger partial charge in [0.05, 0.1) is 5.56 Å². The molecule has 1 N–H and O–H groups in total. The van der Waals surface area contributed by atoms with E-state index in [1.54, 1.807) is 0 Å². The van der Waals surface area contributed by atoms with Crippen LogP contribution in [-0.2, 0) is 6.18 Å². The van der Waals surface area contributed by atoms with E-state index in [4.69, 9.17) is 0 Å². The molecule has 0 aliphatic carbocycles. The number of hydrogen-bond acceptors (Lipinski definition) is 1. The van der Waals surface area contributed by atoms with Gasteiger partial charge in [-0.3, -0.25) is 5.10 Å². The molecule has 1 radical (unpaired) electrons. The first kappa shape index (κ1) is 9.76. The lowest BCUT2D eigenvalue weighted by Crippen LogP contribution is -2.06. The molecule has 1 aromatic heterocycles. The van der Waals surface area contributed by atoms with Gasteiger partial charge < -0.3 is 0 Å². The van der Waals surface area contributed by atoms with Gasteiger partial charge in [0.25, 0.3) is 0 Å². The Kier molecular flexibility index (Phi) is 2.22. The van der Waals surface area contributed by atoms with Crippen LogP contribution in [0.5, 0.6) is 0 Å². The first-order valence-electron chi connectivity index (χ1n) is 4.17. The van der Waals surface area contributed by atoms with Crippen LogP contribution in [0.2, 0.25) is 0 Å². The molecule has 5 heteroatoms. The number of benzene rings is 1. The molecular weight excluding hydrogens is 205 g/mol. The van der Waals surface area contributed by atoms with E-state index in [1.807, 2.05) is 0 Å². The van der Waals surface area contributed by atoms with Crippen molar-refractivity contribution in [3.05, 3.63) is 42.1 Å². The molecule has 0 amide bonds. The van der Waals surface area contributed by atoms with Crippen LogP contribution in [0.3, 0.4) is 0 Å². The Bertz CT molecular complexity index is 446. The molecule has 0 saturated heterocycles. The van der Waals surface area contributed by atoms with E-state index in [9.17, 15) is 13.2 Å². The van der Waals surface area contributed by atoms with Crippen LogP contribution >= 0.6 is 0 Å². The van der Waals surface area contributed by atoms with E-state index in [0.717, 1.165) is 6.07 Å². The molecule has 0 fully saturated rings. The number of H-pyrrole nitrogens is 1. The number of halogens is 3. The first-order chi connectivity index (χ1) is 7.09. The summed E-state index contributed by atoms with van der Waals surface area (Å²) in [7, 11) is 0. The number of aromatic amines is 1. The van der Waals surface area contributed by atoms with Crippen LogP contribution in [0, 0.1) is 6.07 Å². The van der Waals surface area contributed by atoms with Crippen LogP contribution in [0.15, 0.2) is 30.5 Å². The minimum atomic E-state index is -4.37. The van der Waals surface area contributed by atoms with Gasteiger partial charge in [-0.1, -0.05) is 18.2 Å². The summed E-state index contributed by atoms with van der Waals surface area (Å²) in [5.41, 5.74) is -0.498. The summed E-state index contributed by atoms with van der Waals surface area (Å²) in [6.45, 7) is 0. The van der Waals surface area contributed by atoms with Gasteiger partial charge in [0.2, 0.25) is 0 Å². The SMILES string of the molecule is FC(F)(F)c1ccccc1-c1[c]c[nH]n1. The Hall–Kier alpha value is -1.78. The Morgan fingerprint density at radius 3 is 2.53 bits per heavy atom. The van der Waals surface area contributed by atoms with Gasteiger partial charge >= 0.3 is 6.18 Å². The largest absolute Gasteiger partial charge is 0.417 e. The standard InChI is InChI=1S/C10H6F3N2/c11-10(12,13)8-4-2-1-3-7(8)9-5-6-14-15-9/h1-4,6H,(H,14,15). The van der Waals surface area contributed by atoms with Crippen molar-refractivity contribution in [2.45, 2.75) is 6.18 Å². The summed E-state index contributed by atoms with van der Waals surface area (Å²) in [4.78, 5) is 0. The number of rotatable bonds is 1. The molecule has 77 valence electrons. The highest BCUT2D eigenvalue weighted by atomic mass is 19.4. The molecule has 0 aliphatic rings. The lowest BCUT2D eigenvalue weighted by molar-refractivity contribution is -0.137. The van der Waals surface area contributed by atoms with Gasteiger partial charge in [0, 0.05) is 17.8 Å². The smallest absolute Gasteiger partial charge is 0.284 e. The van der Waals surface area contributed by atoms with Crippen molar-refractivity contribution >= 4 is 0 Å². The number of aromatic nitrogens is 2. The first-order valence-corrected chi connectivity index (χ1v) is 4.17. The van der Waals surface area contributed by atoms with E-state index in [0.29, 0.717) is 0 Å². The van der Waals surface area contributed by atoms with Crippen LogP contribution < -0.4 is 0 Å². The summed E-state index contributed by atoms with van der Waals surface area (Å²) in [5.74, 6) is 0. The van der Waals surface area contributed by atoms with Gasteiger partial charge in [-0.2, -0.15) is 18.3 Å². The second-order valence-corrected chi connectivity index (χ2v) is 2.92. The van der Waals surface area contributed by atoms with E-state index in [2.05, 4.69) is 16.3 Å². The van der Waals surface area contributed by atoms with Gasteiger partial charge in [0.1, 0.15) is 5.69 Å². The molecule has 0 bridgehead atoms.